The first-order chi connectivity index (χ1) is 11.1. The first-order valence-corrected chi connectivity index (χ1v) is 10.1. The summed E-state index contributed by atoms with van der Waals surface area (Å²) in [5.41, 5.74) is 8.20. The molecule has 2 rings (SSSR count). The SMILES string of the molecule is CC(C)C(N)CCN(C)C(=O)c1ccc2c(c1)CCN2S(C)(=O)=O. The number of carbonyl (C=O) groups is 1. The molecule has 0 aromatic heterocycles. The molecule has 1 atom stereocenters. The zero-order valence-electron chi connectivity index (χ0n) is 14.8. The smallest absolute Gasteiger partial charge is 0.253 e. The second kappa shape index (κ2) is 7.11. The molecule has 0 fully saturated rings. The zero-order chi connectivity index (χ0) is 18.1. The third-order valence-corrected chi connectivity index (χ3v) is 5.76. The standard InChI is InChI=1S/C17H27N3O3S/c1-12(2)15(18)8-9-19(3)17(21)14-5-6-16-13(11-14)7-10-20(16)24(4,22)23/h5-6,11-12,15H,7-10,18H2,1-4H3. The second-order valence-electron chi connectivity index (χ2n) is 6.85. The summed E-state index contributed by atoms with van der Waals surface area (Å²) in [5, 5.41) is 0. The average molecular weight is 353 g/mol. The highest BCUT2D eigenvalue weighted by molar-refractivity contribution is 7.92. The molecule has 1 heterocycles. The molecule has 0 bridgehead atoms. The van der Waals surface area contributed by atoms with Crippen molar-refractivity contribution in [2.45, 2.75) is 32.7 Å². The zero-order valence-corrected chi connectivity index (χ0v) is 15.6. The van der Waals surface area contributed by atoms with E-state index in [-0.39, 0.29) is 11.9 Å². The van der Waals surface area contributed by atoms with E-state index < -0.39 is 10.0 Å². The van der Waals surface area contributed by atoms with E-state index in [4.69, 9.17) is 5.73 Å². The summed E-state index contributed by atoms with van der Waals surface area (Å²) in [6.07, 6.45) is 2.59. The number of sulfonamides is 1. The van der Waals surface area contributed by atoms with Crippen LogP contribution in [0.15, 0.2) is 18.2 Å². The van der Waals surface area contributed by atoms with Crippen molar-refractivity contribution in [2.24, 2.45) is 11.7 Å². The molecule has 1 aliphatic rings. The molecule has 1 unspecified atom stereocenters. The lowest BCUT2D eigenvalue weighted by atomic mass is 10.0. The minimum Gasteiger partial charge on any atom is -0.342 e. The van der Waals surface area contributed by atoms with Gasteiger partial charge in [-0.25, -0.2) is 8.42 Å². The lowest BCUT2D eigenvalue weighted by Crippen LogP contribution is -2.34. The number of rotatable bonds is 6. The monoisotopic (exact) mass is 353 g/mol. The third kappa shape index (κ3) is 4.08. The van der Waals surface area contributed by atoms with Gasteiger partial charge in [-0.15, -0.1) is 0 Å². The van der Waals surface area contributed by atoms with Gasteiger partial charge in [-0.2, -0.15) is 0 Å². The number of benzene rings is 1. The number of hydrogen-bond donors (Lipinski definition) is 1. The van der Waals surface area contributed by atoms with Crippen molar-refractivity contribution in [2.75, 3.05) is 30.7 Å². The van der Waals surface area contributed by atoms with Crippen LogP contribution >= 0.6 is 0 Å². The Morgan fingerprint density at radius 1 is 1.38 bits per heavy atom. The van der Waals surface area contributed by atoms with Gasteiger partial charge in [-0.05, 0) is 42.5 Å². The molecule has 24 heavy (non-hydrogen) atoms. The van der Waals surface area contributed by atoms with Crippen LogP contribution in [0.4, 0.5) is 5.69 Å². The van der Waals surface area contributed by atoms with Crippen LogP contribution in [0.3, 0.4) is 0 Å². The molecule has 1 aromatic carbocycles. The summed E-state index contributed by atoms with van der Waals surface area (Å²) in [4.78, 5) is 14.2. The molecule has 0 spiro atoms. The van der Waals surface area contributed by atoms with Gasteiger partial charge in [0.2, 0.25) is 10.0 Å². The highest BCUT2D eigenvalue weighted by Crippen LogP contribution is 2.30. The number of anilines is 1. The minimum absolute atomic E-state index is 0.0634. The van der Waals surface area contributed by atoms with E-state index in [1.807, 2.05) is 6.07 Å². The van der Waals surface area contributed by atoms with Crippen LogP contribution in [0.2, 0.25) is 0 Å². The molecular formula is C17H27N3O3S. The number of hydrogen-bond acceptors (Lipinski definition) is 4. The van der Waals surface area contributed by atoms with E-state index in [0.717, 1.165) is 12.0 Å². The predicted molar refractivity (Wildman–Crippen MR) is 96.7 cm³/mol. The molecule has 7 heteroatoms. The van der Waals surface area contributed by atoms with Crippen LogP contribution in [0.5, 0.6) is 0 Å². The first-order valence-electron chi connectivity index (χ1n) is 8.23. The van der Waals surface area contributed by atoms with Crippen LogP contribution in [-0.2, 0) is 16.4 Å². The molecule has 1 aromatic rings. The minimum atomic E-state index is -3.27. The Hall–Kier alpha value is -1.60. The van der Waals surface area contributed by atoms with Crippen LogP contribution in [0, 0.1) is 5.92 Å². The molecule has 0 radical (unpaired) electrons. The number of nitrogens with two attached hydrogens (primary N) is 1. The molecule has 0 saturated heterocycles. The first kappa shape index (κ1) is 18.7. The third-order valence-electron chi connectivity index (χ3n) is 4.58. The normalized spacial score (nSPS) is 15.5. The van der Waals surface area contributed by atoms with Gasteiger partial charge in [0.1, 0.15) is 0 Å². The van der Waals surface area contributed by atoms with Crippen molar-refractivity contribution >= 4 is 21.6 Å². The van der Waals surface area contributed by atoms with Crippen molar-refractivity contribution < 1.29 is 13.2 Å². The van der Waals surface area contributed by atoms with Crippen LogP contribution in [-0.4, -0.2) is 51.7 Å². The van der Waals surface area contributed by atoms with Gasteiger partial charge in [0.25, 0.3) is 5.91 Å². The highest BCUT2D eigenvalue weighted by atomic mass is 32.2. The van der Waals surface area contributed by atoms with E-state index in [1.54, 1.807) is 24.1 Å². The highest BCUT2D eigenvalue weighted by Gasteiger charge is 2.27. The van der Waals surface area contributed by atoms with Gasteiger partial charge in [0, 0.05) is 31.7 Å². The lowest BCUT2D eigenvalue weighted by Gasteiger charge is -2.22. The van der Waals surface area contributed by atoms with Crippen molar-refractivity contribution in [3.63, 3.8) is 0 Å². The summed E-state index contributed by atoms with van der Waals surface area (Å²) in [6, 6.07) is 5.30. The summed E-state index contributed by atoms with van der Waals surface area (Å²) in [6.45, 7) is 5.18. The Morgan fingerprint density at radius 2 is 2.04 bits per heavy atom. The Kier molecular flexibility index (Phi) is 5.55. The van der Waals surface area contributed by atoms with Crippen molar-refractivity contribution in [1.29, 1.82) is 0 Å². The maximum absolute atomic E-state index is 12.6. The quantitative estimate of drug-likeness (QED) is 0.839. The van der Waals surface area contributed by atoms with Gasteiger partial charge < -0.3 is 10.6 Å². The van der Waals surface area contributed by atoms with Crippen LogP contribution in [0.25, 0.3) is 0 Å². The van der Waals surface area contributed by atoms with Crippen LogP contribution < -0.4 is 10.0 Å². The van der Waals surface area contributed by atoms with Crippen molar-refractivity contribution in [1.82, 2.24) is 4.90 Å². The second-order valence-corrected chi connectivity index (χ2v) is 8.76. The summed E-state index contributed by atoms with van der Waals surface area (Å²) < 4.78 is 24.9. The molecule has 0 saturated carbocycles. The van der Waals surface area contributed by atoms with E-state index in [2.05, 4.69) is 13.8 Å². The predicted octanol–water partition coefficient (Wildman–Crippen LogP) is 1.45. The molecule has 2 N–H and O–H groups in total. The summed E-state index contributed by atoms with van der Waals surface area (Å²) >= 11 is 0. The fraction of sp³-hybridized carbons (Fsp3) is 0.588. The molecule has 0 aliphatic carbocycles. The topological polar surface area (TPSA) is 83.7 Å². The van der Waals surface area contributed by atoms with E-state index in [9.17, 15) is 13.2 Å². The fourth-order valence-corrected chi connectivity index (χ4v) is 3.81. The van der Waals surface area contributed by atoms with Gasteiger partial charge >= 0.3 is 0 Å². The Bertz CT molecular complexity index is 716. The van der Waals surface area contributed by atoms with E-state index in [0.29, 0.717) is 36.7 Å². The maximum Gasteiger partial charge on any atom is 0.253 e. The number of nitrogens with zero attached hydrogens (tertiary/aromatic N) is 2. The van der Waals surface area contributed by atoms with E-state index >= 15 is 0 Å². The Balaban J connectivity index is 2.09. The van der Waals surface area contributed by atoms with Gasteiger partial charge in [0.15, 0.2) is 0 Å². The molecule has 1 amide bonds. The Morgan fingerprint density at radius 3 is 2.62 bits per heavy atom. The number of carbonyl (C=O) groups excluding carboxylic acids is 1. The average Bonchev–Trinajstić information content (AvgIpc) is 2.94. The maximum atomic E-state index is 12.6. The summed E-state index contributed by atoms with van der Waals surface area (Å²) in [7, 11) is -1.50. The summed E-state index contributed by atoms with van der Waals surface area (Å²) in [5.74, 6) is 0.321. The number of fused-ring (bicyclic) bond motifs is 1. The van der Waals surface area contributed by atoms with Crippen molar-refractivity contribution in [3.05, 3.63) is 29.3 Å². The van der Waals surface area contributed by atoms with Gasteiger partial charge in [-0.1, -0.05) is 13.8 Å². The van der Waals surface area contributed by atoms with Gasteiger partial charge in [0.05, 0.1) is 11.9 Å². The number of amides is 1. The molecule has 6 nitrogen and oxygen atoms in total. The van der Waals surface area contributed by atoms with Crippen LogP contribution in [0.1, 0.15) is 36.2 Å². The Labute approximate surface area is 144 Å². The van der Waals surface area contributed by atoms with E-state index in [1.165, 1.54) is 10.6 Å². The fourth-order valence-electron chi connectivity index (χ4n) is 2.85. The van der Waals surface area contributed by atoms with Crippen molar-refractivity contribution in [3.8, 4) is 0 Å². The molecule has 1 aliphatic heterocycles. The molecule has 134 valence electrons. The lowest BCUT2D eigenvalue weighted by molar-refractivity contribution is 0.0789. The molecular weight excluding hydrogens is 326 g/mol. The van der Waals surface area contributed by atoms with Gasteiger partial charge in [-0.3, -0.25) is 9.10 Å². The largest absolute Gasteiger partial charge is 0.342 e.